The summed E-state index contributed by atoms with van der Waals surface area (Å²) in [5, 5.41) is 11.0. The van der Waals surface area contributed by atoms with Gasteiger partial charge >= 0.3 is 0 Å². The first kappa shape index (κ1) is 33.8. The Morgan fingerprint density at radius 3 is 2.00 bits per heavy atom. The Labute approximate surface area is 254 Å². The molecule has 39 heavy (non-hydrogen) atoms. The summed E-state index contributed by atoms with van der Waals surface area (Å²) < 4.78 is 16.9. The summed E-state index contributed by atoms with van der Waals surface area (Å²) in [6.07, 6.45) is 11.4. The van der Waals surface area contributed by atoms with Crippen molar-refractivity contribution in [2.75, 3.05) is 69.2 Å². The molecule has 1 aliphatic carbocycles. The molecule has 1 N–H and O–H groups in total. The molecule has 2 saturated heterocycles. The fraction of sp³-hybridized carbons (Fsp3) is 0.897. The van der Waals surface area contributed by atoms with E-state index < -0.39 is 0 Å². The second-order valence-electron chi connectivity index (χ2n) is 10.6. The van der Waals surface area contributed by atoms with E-state index in [1.165, 1.54) is 37.8 Å². The summed E-state index contributed by atoms with van der Waals surface area (Å²) in [5.74, 6) is 4.27. The normalized spacial score (nSPS) is 27.5. The molecule has 3 fully saturated rings. The van der Waals surface area contributed by atoms with Crippen LogP contribution in [0.3, 0.4) is 0 Å². The van der Waals surface area contributed by atoms with Crippen LogP contribution in [-0.4, -0.2) is 107 Å². The van der Waals surface area contributed by atoms with Crippen LogP contribution in [0.2, 0.25) is 0 Å². The lowest BCUT2D eigenvalue weighted by Crippen LogP contribution is -2.37. The lowest BCUT2D eigenvalue weighted by molar-refractivity contribution is -0.117. The molecular weight excluding hydrogens is 569 g/mol. The van der Waals surface area contributed by atoms with Gasteiger partial charge in [0.1, 0.15) is 5.78 Å². The van der Waals surface area contributed by atoms with Gasteiger partial charge in [-0.3, -0.25) is 4.99 Å². The third kappa shape index (κ3) is 14.3. The monoisotopic (exact) mass is 618 g/mol. The lowest BCUT2D eigenvalue weighted by atomic mass is 10.1. The highest BCUT2D eigenvalue weighted by Gasteiger charge is 2.39. The zero-order chi connectivity index (χ0) is 27.5. The van der Waals surface area contributed by atoms with Gasteiger partial charge in [-0.25, -0.2) is 0 Å². The second-order valence-corrected chi connectivity index (χ2v) is 15.4. The number of carbonyl (C=O) groups is 1. The minimum absolute atomic E-state index is 0.270. The van der Waals surface area contributed by atoms with Gasteiger partial charge in [0, 0.05) is 81.6 Å². The van der Waals surface area contributed by atoms with E-state index in [-0.39, 0.29) is 5.78 Å². The first-order valence-electron chi connectivity index (χ1n) is 14.9. The summed E-state index contributed by atoms with van der Waals surface area (Å²) in [7, 11) is 0. The zero-order valence-electron chi connectivity index (χ0n) is 23.9. The number of unbranched alkanes of at least 4 members (excludes halogenated alkanes) is 2. The molecule has 1 saturated carbocycles. The molecule has 4 unspecified atom stereocenters. The number of aliphatic imine (C=N–C) groups is 1. The Morgan fingerprint density at radius 1 is 0.744 bits per heavy atom. The van der Waals surface area contributed by atoms with Gasteiger partial charge < -0.3 is 24.4 Å². The van der Waals surface area contributed by atoms with Crippen molar-refractivity contribution in [1.82, 2.24) is 0 Å². The molecule has 0 spiro atoms. The minimum atomic E-state index is 0.270. The average molecular weight is 619 g/mol. The molecule has 0 radical (unpaired) electrons. The molecule has 2 aliphatic heterocycles. The third-order valence-corrected chi connectivity index (χ3v) is 13.7. The number of carbonyl (C=O) groups excluding carboxylic acids is 1. The Hall–Kier alpha value is 0.290. The zero-order valence-corrected chi connectivity index (χ0v) is 27.1. The molecule has 0 aromatic carbocycles. The Bertz CT molecular complexity index is 742. The molecule has 0 aromatic heterocycles. The second kappa shape index (κ2) is 21.1. The van der Waals surface area contributed by atoms with Crippen molar-refractivity contribution < 1.29 is 19.0 Å². The van der Waals surface area contributed by atoms with Gasteiger partial charge in [-0.1, -0.05) is 25.7 Å². The molecule has 3 rings (SSSR count). The van der Waals surface area contributed by atoms with E-state index in [9.17, 15) is 4.79 Å². The number of hydrogen-bond donors (Lipinski definition) is 1. The molecular formula is C29H50N2O4S4. The van der Waals surface area contributed by atoms with Crippen LogP contribution in [0, 0.1) is 5.41 Å². The van der Waals surface area contributed by atoms with Crippen molar-refractivity contribution in [1.29, 1.82) is 5.41 Å². The molecule has 4 atom stereocenters. The molecule has 0 aromatic rings. The van der Waals surface area contributed by atoms with Crippen molar-refractivity contribution in [3.8, 4) is 0 Å². The summed E-state index contributed by atoms with van der Waals surface area (Å²) in [6.45, 7) is 6.40. The Balaban J connectivity index is 1.24. The first-order chi connectivity index (χ1) is 19.1. The highest BCUT2D eigenvalue weighted by atomic mass is 32.2. The Morgan fingerprint density at radius 2 is 1.31 bits per heavy atom. The van der Waals surface area contributed by atoms with Crippen molar-refractivity contribution in [3.63, 3.8) is 0 Å². The van der Waals surface area contributed by atoms with Crippen LogP contribution in [0.1, 0.15) is 71.1 Å². The topological polar surface area (TPSA) is 81.0 Å². The van der Waals surface area contributed by atoms with Gasteiger partial charge in [-0.05, 0) is 39.0 Å². The third-order valence-electron chi connectivity index (χ3n) is 7.21. The van der Waals surface area contributed by atoms with Gasteiger partial charge in [0.15, 0.2) is 0 Å². The van der Waals surface area contributed by atoms with Gasteiger partial charge in [0.2, 0.25) is 0 Å². The quantitative estimate of drug-likeness (QED) is 0.198. The number of fused-ring (bicyclic) bond motifs is 3. The van der Waals surface area contributed by atoms with E-state index in [1.54, 1.807) is 6.92 Å². The number of hydrogen-bond acceptors (Lipinski definition) is 10. The van der Waals surface area contributed by atoms with Crippen molar-refractivity contribution in [2.24, 2.45) is 4.99 Å². The smallest absolute Gasteiger partial charge is 0.129 e. The van der Waals surface area contributed by atoms with Gasteiger partial charge in [-0.2, -0.15) is 47.0 Å². The Kier molecular flexibility index (Phi) is 18.2. The maximum Gasteiger partial charge on any atom is 0.129 e. The summed E-state index contributed by atoms with van der Waals surface area (Å²) >= 11 is 8.48. The van der Waals surface area contributed by atoms with Crippen LogP contribution < -0.4 is 0 Å². The van der Waals surface area contributed by atoms with Gasteiger partial charge in [0.05, 0.1) is 26.4 Å². The summed E-state index contributed by atoms with van der Waals surface area (Å²) in [6, 6.07) is 0. The lowest BCUT2D eigenvalue weighted by Gasteiger charge is -2.34. The molecule has 3 aliphatic rings. The van der Waals surface area contributed by atoms with E-state index >= 15 is 0 Å². The van der Waals surface area contributed by atoms with E-state index in [1.807, 2.05) is 0 Å². The molecule has 0 bridgehead atoms. The number of ketones is 1. The van der Waals surface area contributed by atoms with E-state index in [0.29, 0.717) is 48.6 Å². The van der Waals surface area contributed by atoms with Gasteiger partial charge in [0.25, 0.3) is 0 Å². The van der Waals surface area contributed by atoms with E-state index in [4.69, 9.17) is 24.6 Å². The predicted molar refractivity (Wildman–Crippen MR) is 174 cm³/mol. The first-order valence-corrected chi connectivity index (χ1v) is 19.1. The maximum absolute atomic E-state index is 10.9. The van der Waals surface area contributed by atoms with E-state index in [0.717, 1.165) is 79.4 Å². The van der Waals surface area contributed by atoms with Crippen molar-refractivity contribution in [3.05, 3.63) is 0 Å². The number of nitrogens with zero attached hydrogens (tertiary/aromatic N) is 1. The number of rotatable bonds is 16. The van der Waals surface area contributed by atoms with Crippen LogP contribution in [0.5, 0.6) is 0 Å². The van der Waals surface area contributed by atoms with Crippen LogP contribution in [-0.2, 0) is 19.0 Å². The van der Waals surface area contributed by atoms with Crippen molar-refractivity contribution in [2.45, 2.75) is 92.1 Å². The highest BCUT2D eigenvalue weighted by molar-refractivity contribution is 8.08. The number of nitrogens with one attached hydrogen (secondary N) is 1. The van der Waals surface area contributed by atoms with Crippen LogP contribution in [0.4, 0.5) is 0 Å². The maximum atomic E-state index is 10.9. The standard InChI is InChI=1S/C29H50N2O4S4/c1-23(32)9-4-3-7-13-33-15-17-35-18-16-34-14-8-12-31-25-21-37-27-11-6-2-5-10-26-28(29(27)39-22-25)38-20-24(30)19-36-26/h26-30H,2-22H2,1H3. The average Bonchev–Trinajstić information content (AvgIpc) is 3.20. The van der Waals surface area contributed by atoms with Crippen molar-refractivity contribution >= 4 is 64.3 Å². The number of Topliss-reactive ketones (excluding diaryl/α,β-unsaturated/α-hetero) is 1. The fourth-order valence-corrected chi connectivity index (χ4v) is 12.0. The number of ether oxygens (including phenoxy) is 3. The SMILES string of the molecule is CC(=O)CCCCCOCCOCCOCCCN=C1CSC2CCCCCC3SCC(=N)CSC3C2SC1. The summed E-state index contributed by atoms with van der Waals surface area (Å²) in [4.78, 5) is 15.9. The minimum Gasteiger partial charge on any atom is -0.379 e. The number of thioether (sulfide) groups is 4. The summed E-state index contributed by atoms with van der Waals surface area (Å²) in [5.41, 5.74) is 2.29. The molecule has 2 heterocycles. The molecule has 6 nitrogen and oxygen atoms in total. The largest absolute Gasteiger partial charge is 0.379 e. The molecule has 0 amide bonds. The molecule has 10 heteroatoms. The van der Waals surface area contributed by atoms with Crippen LogP contribution in [0.15, 0.2) is 4.99 Å². The van der Waals surface area contributed by atoms with Crippen LogP contribution in [0.25, 0.3) is 0 Å². The highest BCUT2D eigenvalue weighted by Crippen LogP contribution is 2.45. The van der Waals surface area contributed by atoms with Crippen LogP contribution >= 0.6 is 47.0 Å². The van der Waals surface area contributed by atoms with Gasteiger partial charge in [-0.15, -0.1) is 0 Å². The fourth-order valence-electron chi connectivity index (χ4n) is 5.06. The molecule has 224 valence electrons. The van der Waals surface area contributed by atoms with E-state index in [2.05, 4.69) is 47.0 Å². The predicted octanol–water partition coefficient (Wildman–Crippen LogP) is 6.43.